The molecule has 4 aromatic rings. The van der Waals surface area contributed by atoms with Crippen molar-refractivity contribution in [2.24, 2.45) is 0 Å². The number of aliphatic hydroxyl groups is 1. The first-order valence-electron chi connectivity index (χ1n) is 11.6. The van der Waals surface area contributed by atoms with E-state index in [0.717, 1.165) is 22.5 Å². The maximum atomic E-state index is 12.3. The number of carbonyl (C=O) groups is 1. The number of nitrogens with zero attached hydrogens (tertiary/aromatic N) is 6. The lowest BCUT2D eigenvalue weighted by molar-refractivity contribution is -0.135. The molecule has 5 heterocycles. The predicted molar refractivity (Wildman–Crippen MR) is 131 cm³/mol. The lowest BCUT2D eigenvalue weighted by Gasteiger charge is -2.17. The highest BCUT2D eigenvalue weighted by atomic mass is 16.5. The summed E-state index contributed by atoms with van der Waals surface area (Å²) in [6, 6.07) is 7.77. The number of anilines is 1. The third-order valence-electron chi connectivity index (χ3n) is 5.84. The van der Waals surface area contributed by atoms with Crippen LogP contribution in [0.1, 0.15) is 29.6 Å². The Morgan fingerprint density at radius 1 is 1.22 bits per heavy atom. The van der Waals surface area contributed by atoms with E-state index in [-0.39, 0.29) is 12.3 Å². The number of imidazole rings is 1. The summed E-state index contributed by atoms with van der Waals surface area (Å²) in [7, 11) is 1.59. The highest BCUT2D eigenvalue weighted by Gasteiger charge is 2.40. The van der Waals surface area contributed by atoms with E-state index < -0.39 is 18.4 Å². The smallest absolute Gasteiger partial charge is 0.263 e. The van der Waals surface area contributed by atoms with Gasteiger partial charge in [-0.25, -0.2) is 20.4 Å². The van der Waals surface area contributed by atoms with Crippen LogP contribution >= 0.6 is 0 Å². The summed E-state index contributed by atoms with van der Waals surface area (Å²) < 4.78 is 7.54. The van der Waals surface area contributed by atoms with E-state index in [1.165, 1.54) is 0 Å². The van der Waals surface area contributed by atoms with E-state index in [1.54, 1.807) is 30.3 Å². The van der Waals surface area contributed by atoms with E-state index in [1.807, 2.05) is 38.1 Å². The molecule has 3 atom stereocenters. The first kappa shape index (κ1) is 23.7. The molecule has 12 nitrogen and oxygen atoms in total. The number of pyridine rings is 2. The highest BCUT2D eigenvalue weighted by molar-refractivity contribution is 5.85. The number of fused-ring (bicyclic) bond motifs is 1. The number of carbonyl (C=O) groups excluding carboxylic acids is 1. The number of hydrogen-bond donors (Lipinski definition) is 4. The number of aliphatic hydroxyl groups excluding tert-OH is 1. The minimum atomic E-state index is -0.929. The minimum Gasteiger partial charge on any atom is -0.388 e. The Balaban J connectivity index is 1.54. The fraction of sp³-hybridized carbons (Fsp3) is 0.333. The first-order valence-corrected chi connectivity index (χ1v) is 11.6. The van der Waals surface area contributed by atoms with Gasteiger partial charge in [0.15, 0.2) is 29.0 Å². The molecule has 0 aliphatic carbocycles. The van der Waals surface area contributed by atoms with Crippen LogP contribution in [0.15, 0.2) is 43.0 Å². The summed E-state index contributed by atoms with van der Waals surface area (Å²) in [6.45, 7) is 4.32. The lowest BCUT2D eigenvalue weighted by Crippen LogP contribution is -2.41. The van der Waals surface area contributed by atoms with Gasteiger partial charge in [0.25, 0.3) is 5.91 Å². The summed E-state index contributed by atoms with van der Waals surface area (Å²) in [5, 5.41) is 14.1. The van der Waals surface area contributed by atoms with Crippen LogP contribution in [0.4, 0.5) is 5.82 Å². The molecule has 0 saturated carbocycles. The fourth-order valence-corrected chi connectivity index (χ4v) is 4.18. The number of hydrazine groups is 1. The average Bonchev–Trinajstić information content (AvgIpc) is 3.46. The van der Waals surface area contributed by atoms with Crippen LogP contribution in [0.2, 0.25) is 0 Å². The van der Waals surface area contributed by atoms with Gasteiger partial charge in [0.05, 0.1) is 18.6 Å². The Bertz CT molecular complexity index is 1410. The SMILES string of the molecule is CNNC(=O)[C@@H]1C[C@@H](O)[C@H](n2cnc3c(NCc4cccc(C)n4)nc(-c4cncc(C)c4)nc32)O1. The minimum absolute atomic E-state index is 0.141. The van der Waals surface area contributed by atoms with Gasteiger partial charge in [-0.3, -0.25) is 24.8 Å². The van der Waals surface area contributed by atoms with Crippen LogP contribution in [0.25, 0.3) is 22.6 Å². The summed E-state index contributed by atoms with van der Waals surface area (Å²) in [4.78, 5) is 35.1. The average molecular weight is 490 g/mol. The zero-order valence-electron chi connectivity index (χ0n) is 20.1. The van der Waals surface area contributed by atoms with Gasteiger partial charge in [0.1, 0.15) is 12.2 Å². The molecule has 186 valence electrons. The highest BCUT2D eigenvalue weighted by Crippen LogP contribution is 2.33. The molecule has 0 bridgehead atoms. The topological polar surface area (TPSA) is 152 Å². The largest absolute Gasteiger partial charge is 0.388 e. The molecule has 4 N–H and O–H groups in total. The number of amides is 1. The van der Waals surface area contributed by atoms with Crippen molar-refractivity contribution in [1.82, 2.24) is 40.3 Å². The zero-order valence-corrected chi connectivity index (χ0v) is 20.1. The van der Waals surface area contributed by atoms with Crippen LogP contribution in [0.5, 0.6) is 0 Å². The Hall–Kier alpha value is -4.00. The maximum absolute atomic E-state index is 12.3. The second kappa shape index (κ2) is 9.93. The van der Waals surface area contributed by atoms with Gasteiger partial charge >= 0.3 is 0 Å². The molecule has 0 spiro atoms. The lowest BCUT2D eigenvalue weighted by atomic mass is 10.2. The second-order valence-corrected chi connectivity index (χ2v) is 8.65. The predicted octanol–water partition coefficient (Wildman–Crippen LogP) is 1.41. The number of aromatic nitrogens is 6. The standard InChI is InChI=1S/C24H27N9O3/c1-13-7-15(10-26-9-13)20-30-21(27-11-16-6-4-5-14(2)29-16)19-22(31-20)33(12-28-19)24-17(34)8-18(36-24)23(35)32-25-3/h4-7,9-10,12,17-18,24-25,34H,8,11H2,1-3H3,(H,32,35)(H,27,30,31)/t17-,18+,24-/m1/s1. The molecule has 1 aliphatic rings. The van der Waals surface area contributed by atoms with Crippen molar-refractivity contribution in [3.05, 3.63) is 59.9 Å². The Morgan fingerprint density at radius 3 is 2.86 bits per heavy atom. The van der Waals surface area contributed by atoms with E-state index in [9.17, 15) is 9.90 Å². The first-order chi connectivity index (χ1) is 17.4. The number of aryl methyl sites for hydroxylation is 2. The van der Waals surface area contributed by atoms with E-state index in [0.29, 0.717) is 29.4 Å². The van der Waals surface area contributed by atoms with Crippen molar-refractivity contribution >= 4 is 22.9 Å². The quantitative estimate of drug-likeness (QED) is 0.280. The summed E-state index contributed by atoms with van der Waals surface area (Å²) in [5.74, 6) is 0.588. The molecule has 5 rings (SSSR count). The van der Waals surface area contributed by atoms with Crippen LogP contribution in [-0.4, -0.2) is 59.8 Å². The number of ether oxygens (including phenoxy) is 1. The number of nitrogens with one attached hydrogen (secondary N) is 3. The molecule has 0 unspecified atom stereocenters. The van der Waals surface area contributed by atoms with Gasteiger partial charge in [0.2, 0.25) is 0 Å². The van der Waals surface area contributed by atoms with E-state index in [2.05, 4.69) is 31.1 Å². The van der Waals surface area contributed by atoms with Gasteiger partial charge in [-0.1, -0.05) is 6.07 Å². The molecule has 1 amide bonds. The summed E-state index contributed by atoms with van der Waals surface area (Å²) in [5.41, 5.74) is 9.52. The molecule has 1 saturated heterocycles. The molecule has 12 heteroatoms. The third-order valence-corrected chi connectivity index (χ3v) is 5.84. The molecule has 36 heavy (non-hydrogen) atoms. The van der Waals surface area contributed by atoms with Gasteiger partial charge in [-0.2, -0.15) is 0 Å². The fourth-order valence-electron chi connectivity index (χ4n) is 4.18. The van der Waals surface area contributed by atoms with Crippen LogP contribution in [-0.2, 0) is 16.1 Å². The normalized spacial score (nSPS) is 19.5. The molecule has 1 fully saturated rings. The van der Waals surface area contributed by atoms with Crippen LogP contribution in [0, 0.1) is 13.8 Å². The van der Waals surface area contributed by atoms with Crippen molar-refractivity contribution in [3.63, 3.8) is 0 Å². The van der Waals surface area contributed by atoms with Gasteiger partial charge in [0, 0.05) is 37.1 Å². The van der Waals surface area contributed by atoms with Gasteiger partial charge in [-0.05, 0) is 37.6 Å². The molecule has 1 aliphatic heterocycles. The van der Waals surface area contributed by atoms with Crippen molar-refractivity contribution in [3.8, 4) is 11.4 Å². The number of hydrogen-bond acceptors (Lipinski definition) is 10. The molecular weight excluding hydrogens is 462 g/mol. The second-order valence-electron chi connectivity index (χ2n) is 8.65. The maximum Gasteiger partial charge on any atom is 0.263 e. The Morgan fingerprint density at radius 2 is 2.08 bits per heavy atom. The van der Waals surface area contributed by atoms with Gasteiger partial charge < -0.3 is 15.2 Å². The van der Waals surface area contributed by atoms with Crippen LogP contribution < -0.4 is 16.2 Å². The summed E-state index contributed by atoms with van der Waals surface area (Å²) >= 11 is 0. The van der Waals surface area contributed by atoms with Crippen molar-refractivity contribution in [2.75, 3.05) is 12.4 Å². The van der Waals surface area contributed by atoms with Crippen molar-refractivity contribution in [1.29, 1.82) is 0 Å². The molecule has 0 aromatic carbocycles. The molecular formula is C24H27N9O3. The van der Waals surface area contributed by atoms with Crippen LogP contribution in [0.3, 0.4) is 0 Å². The monoisotopic (exact) mass is 489 g/mol. The van der Waals surface area contributed by atoms with E-state index in [4.69, 9.17) is 14.7 Å². The third kappa shape index (κ3) is 4.73. The number of rotatable bonds is 7. The molecule has 0 radical (unpaired) electrons. The Kier molecular flexibility index (Phi) is 6.55. The van der Waals surface area contributed by atoms with Crippen molar-refractivity contribution in [2.45, 2.75) is 45.2 Å². The zero-order chi connectivity index (χ0) is 25.2. The van der Waals surface area contributed by atoms with Gasteiger partial charge in [-0.15, -0.1) is 0 Å². The van der Waals surface area contributed by atoms with E-state index >= 15 is 0 Å². The molecule has 4 aromatic heterocycles. The summed E-state index contributed by atoms with van der Waals surface area (Å²) in [6.07, 6.45) is 2.55. The van der Waals surface area contributed by atoms with Crippen molar-refractivity contribution < 1.29 is 14.6 Å². The Labute approximate surface area is 207 Å².